The van der Waals surface area contributed by atoms with E-state index in [-0.39, 0.29) is 6.54 Å². The van der Waals surface area contributed by atoms with Crippen LogP contribution in [0, 0.1) is 0 Å². The van der Waals surface area contributed by atoms with Crippen LogP contribution in [0.1, 0.15) is 17.5 Å². The largest absolute Gasteiger partial charge is 0.478 e. The molecule has 0 radical (unpaired) electrons. The number of hydrogen-bond donors (Lipinski definition) is 1. The molecule has 0 aliphatic rings. The second-order valence-corrected chi connectivity index (χ2v) is 4.47. The Labute approximate surface area is 115 Å². The molecule has 1 aromatic carbocycles. The van der Waals surface area contributed by atoms with Crippen LogP contribution in [0.25, 0.3) is 6.08 Å². The molecule has 0 bridgehead atoms. The summed E-state index contributed by atoms with van der Waals surface area (Å²) < 4.78 is 36.4. The number of benzene rings is 1. The third-order valence-corrected chi connectivity index (χ3v) is 2.68. The molecule has 20 heavy (non-hydrogen) atoms. The third kappa shape index (κ3) is 6.38. The minimum Gasteiger partial charge on any atom is -0.478 e. The maximum absolute atomic E-state index is 12.1. The Bertz CT molecular complexity index is 484. The Morgan fingerprint density at radius 2 is 2.00 bits per heavy atom. The Balaban J connectivity index is 2.69. The topological polar surface area (TPSA) is 40.5 Å². The summed E-state index contributed by atoms with van der Waals surface area (Å²) in [6.45, 7) is 0.233. The molecule has 0 saturated carbocycles. The fraction of sp³-hybridized carbons (Fsp3) is 0.357. The summed E-state index contributed by atoms with van der Waals surface area (Å²) in [5.74, 6) is -1.06. The highest BCUT2D eigenvalue weighted by molar-refractivity contribution is 5.85. The normalized spacial score (nSPS) is 12.2. The van der Waals surface area contributed by atoms with Crippen LogP contribution < -0.4 is 0 Å². The van der Waals surface area contributed by atoms with Crippen LogP contribution in [0.2, 0.25) is 0 Å². The second kappa shape index (κ2) is 7.09. The molecule has 0 aliphatic carbocycles. The standard InChI is InChI=1S/C14H16F3NO2/c1-18(9-8-14(15,16)17)10-12-5-3-2-4-11(12)6-7-13(19)20/h2-7H,8-10H2,1H3,(H,19,20). The molecule has 1 rings (SSSR count). The van der Waals surface area contributed by atoms with Crippen molar-refractivity contribution in [3.63, 3.8) is 0 Å². The van der Waals surface area contributed by atoms with Gasteiger partial charge in [0.1, 0.15) is 0 Å². The molecular formula is C14H16F3NO2. The van der Waals surface area contributed by atoms with Gasteiger partial charge in [0.05, 0.1) is 6.42 Å². The van der Waals surface area contributed by atoms with Gasteiger partial charge in [-0.2, -0.15) is 13.2 Å². The highest BCUT2D eigenvalue weighted by Gasteiger charge is 2.27. The van der Waals surface area contributed by atoms with E-state index in [2.05, 4.69) is 0 Å². The van der Waals surface area contributed by atoms with E-state index in [1.165, 1.54) is 6.08 Å². The zero-order valence-electron chi connectivity index (χ0n) is 11.0. The van der Waals surface area contributed by atoms with E-state index in [0.29, 0.717) is 12.1 Å². The summed E-state index contributed by atoms with van der Waals surface area (Å²) in [6, 6.07) is 7.02. The lowest BCUT2D eigenvalue weighted by Gasteiger charge is -2.18. The van der Waals surface area contributed by atoms with Gasteiger partial charge in [-0.3, -0.25) is 0 Å². The molecule has 0 spiro atoms. The number of aliphatic carboxylic acids is 1. The smallest absolute Gasteiger partial charge is 0.390 e. The van der Waals surface area contributed by atoms with Crippen molar-refractivity contribution in [2.75, 3.05) is 13.6 Å². The molecule has 0 aromatic heterocycles. The molecule has 1 aromatic rings. The summed E-state index contributed by atoms with van der Waals surface area (Å²) >= 11 is 0. The fourth-order valence-corrected chi connectivity index (χ4v) is 1.69. The maximum Gasteiger partial charge on any atom is 0.390 e. The molecule has 0 aliphatic heterocycles. The van der Waals surface area contributed by atoms with E-state index < -0.39 is 18.6 Å². The van der Waals surface area contributed by atoms with Crippen LogP contribution in [-0.4, -0.2) is 35.7 Å². The number of rotatable bonds is 6. The van der Waals surface area contributed by atoms with Crippen molar-refractivity contribution in [2.45, 2.75) is 19.1 Å². The Hall–Kier alpha value is -1.82. The first-order valence-electron chi connectivity index (χ1n) is 6.02. The average molecular weight is 287 g/mol. The predicted octanol–water partition coefficient (Wildman–Crippen LogP) is 3.17. The molecule has 0 atom stereocenters. The molecule has 0 unspecified atom stereocenters. The van der Waals surface area contributed by atoms with Crippen molar-refractivity contribution in [1.29, 1.82) is 0 Å². The Kier molecular flexibility index (Phi) is 5.76. The molecule has 3 nitrogen and oxygen atoms in total. The number of hydrogen-bond acceptors (Lipinski definition) is 2. The van der Waals surface area contributed by atoms with Gasteiger partial charge in [-0.1, -0.05) is 24.3 Å². The summed E-state index contributed by atoms with van der Waals surface area (Å²) in [5, 5.41) is 8.60. The predicted molar refractivity (Wildman–Crippen MR) is 70.1 cm³/mol. The Morgan fingerprint density at radius 3 is 2.60 bits per heavy atom. The molecular weight excluding hydrogens is 271 g/mol. The first kappa shape index (κ1) is 16.2. The van der Waals surface area contributed by atoms with Gasteiger partial charge in [0.15, 0.2) is 0 Å². The van der Waals surface area contributed by atoms with Crippen LogP contribution in [0.5, 0.6) is 0 Å². The van der Waals surface area contributed by atoms with E-state index in [9.17, 15) is 18.0 Å². The van der Waals surface area contributed by atoms with Gasteiger partial charge < -0.3 is 10.0 Å². The molecule has 6 heteroatoms. The van der Waals surface area contributed by atoms with Crippen molar-refractivity contribution in [3.05, 3.63) is 41.5 Å². The monoisotopic (exact) mass is 287 g/mol. The fourth-order valence-electron chi connectivity index (χ4n) is 1.69. The number of nitrogens with zero attached hydrogens (tertiary/aromatic N) is 1. The lowest BCUT2D eigenvalue weighted by Crippen LogP contribution is -2.24. The van der Waals surface area contributed by atoms with E-state index >= 15 is 0 Å². The van der Waals surface area contributed by atoms with Crippen LogP contribution >= 0.6 is 0 Å². The first-order chi connectivity index (χ1) is 9.28. The molecule has 0 heterocycles. The van der Waals surface area contributed by atoms with Gasteiger partial charge in [0, 0.05) is 19.2 Å². The van der Waals surface area contributed by atoms with Crippen molar-refractivity contribution >= 4 is 12.0 Å². The SMILES string of the molecule is CN(CCC(F)(F)F)Cc1ccccc1C=CC(=O)O. The van der Waals surface area contributed by atoms with Crippen LogP contribution in [0.3, 0.4) is 0 Å². The first-order valence-corrected chi connectivity index (χ1v) is 6.02. The third-order valence-electron chi connectivity index (χ3n) is 2.68. The lowest BCUT2D eigenvalue weighted by atomic mass is 10.1. The lowest BCUT2D eigenvalue weighted by molar-refractivity contribution is -0.137. The van der Waals surface area contributed by atoms with Gasteiger partial charge in [-0.25, -0.2) is 4.79 Å². The van der Waals surface area contributed by atoms with E-state index in [1.54, 1.807) is 36.2 Å². The Morgan fingerprint density at radius 1 is 1.35 bits per heavy atom. The van der Waals surface area contributed by atoms with Crippen molar-refractivity contribution < 1.29 is 23.1 Å². The average Bonchev–Trinajstić information content (AvgIpc) is 2.34. The number of halogens is 3. The number of carboxylic acids is 1. The van der Waals surface area contributed by atoms with Gasteiger partial charge in [-0.05, 0) is 24.3 Å². The van der Waals surface area contributed by atoms with Crippen molar-refractivity contribution in [1.82, 2.24) is 4.90 Å². The summed E-state index contributed by atoms with van der Waals surface area (Å²) in [6.07, 6.45) is -2.59. The number of carboxylic acid groups (broad SMARTS) is 1. The zero-order chi connectivity index (χ0) is 15.2. The summed E-state index contributed by atoms with van der Waals surface area (Å²) in [5.41, 5.74) is 1.48. The minimum atomic E-state index is -4.17. The molecule has 1 N–H and O–H groups in total. The zero-order valence-corrected chi connectivity index (χ0v) is 11.0. The summed E-state index contributed by atoms with van der Waals surface area (Å²) in [7, 11) is 1.60. The highest BCUT2D eigenvalue weighted by Crippen LogP contribution is 2.20. The van der Waals surface area contributed by atoms with Crippen LogP contribution in [-0.2, 0) is 11.3 Å². The van der Waals surface area contributed by atoms with Gasteiger partial charge in [0.25, 0.3) is 0 Å². The van der Waals surface area contributed by atoms with Crippen molar-refractivity contribution in [3.8, 4) is 0 Å². The van der Waals surface area contributed by atoms with Gasteiger partial charge >= 0.3 is 12.1 Å². The van der Waals surface area contributed by atoms with Gasteiger partial charge in [0.2, 0.25) is 0 Å². The second-order valence-electron chi connectivity index (χ2n) is 4.47. The number of carbonyl (C=O) groups is 1. The molecule has 110 valence electrons. The van der Waals surface area contributed by atoms with E-state index in [4.69, 9.17) is 5.11 Å². The molecule has 0 saturated heterocycles. The molecule has 0 amide bonds. The summed E-state index contributed by atoms with van der Waals surface area (Å²) in [4.78, 5) is 12.1. The maximum atomic E-state index is 12.1. The van der Waals surface area contributed by atoms with Crippen LogP contribution in [0.15, 0.2) is 30.3 Å². The van der Waals surface area contributed by atoms with E-state index in [1.807, 2.05) is 0 Å². The van der Waals surface area contributed by atoms with Crippen molar-refractivity contribution in [2.24, 2.45) is 0 Å². The quantitative estimate of drug-likeness (QED) is 0.817. The van der Waals surface area contributed by atoms with E-state index in [0.717, 1.165) is 11.6 Å². The van der Waals surface area contributed by atoms with Crippen LogP contribution in [0.4, 0.5) is 13.2 Å². The minimum absolute atomic E-state index is 0.0967. The number of alkyl halides is 3. The highest BCUT2D eigenvalue weighted by atomic mass is 19.4. The molecule has 0 fully saturated rings. The van der Waals surface area contributed by atoms with Gasteiger partial charge in [-0.15, -0.1) is 0 Å².